The van der Waals surface area contributed by atoms with Gasteiger partial charge < -0.3 is 15.2 Å². The van der Waals surface area contributed by atoms with Gasteiger partial charge in [-0.15, -0.1) is 0 Å². The average molecular weight is 413 g/mol. The van der Waals surface area contributed by atoms with E-state index in [1.165, 1.54) is 40.9 Å². The fourth-order valence-electron chi connectivity index (χ4n) is 2.70. The van der Waals surface area contributed by atoms with Gasteiger partial charge in [-0.3, -0.25) is 14.5 Å². The molecule has 2 aromatic rings. The summed E-state index contributed by atoms with van der Waals surface area (Å²) in [5.41, 5.74) is 1.19. The third kappa shape index (κ3) is 4.75. The lowest BCUT2D eigenvalue weighted by Gasteiger charge is -2.10. The zero-order valence-corrected chi connectivity index (χ0v) is 16.6. The van der Waals surface area contributed by atoms with Crippen LogP contribution in [0, 0.1) is 0 Å². The molecule has 1 atom stereocenters. The Morgan fingerprint density at radius 3 is 2.55 bits per heavy atom. The van der Waals surface area contributed by atoms with Crippen LogP contribution in [0.25, 0.3) is 0 Å². The molecule has 3 rings (SSSR count). The summed E-state index contributed by atoms with van der Waals surface area (Å²) in [7, 11) is 3.16. The number of aliphatic imine (C=N–C) groups is 1. The Bertz CT molecular complexity index is 974. The number of anilines is 1. The number of benzene rings is 2. The van der Waals surface area contributed by atoms with Crippen molar-refractivity contribution in [1.82, 2.24) is 4.90 Å². The first-order chi connectivity index (χ1) is 13.9. The molecule has 150 valence electrons. The Kier molecular flexibility index (Phi) is 6.18. The summed E-state index contributed by atoms with van der Waals surface area (Å²) >= 11 is 1.22. The molecule has 1 aliphatic heterocycles. The highest BCUT2D eigenvalue weighted by atomic mass is 32.2. The lowest BCUT2D eigenvalue weighted by molar-refractivity contribution is -0.127. The molecule has 29 heavy (non-hydrogen) atoms. The maximum atomic E-state index is 12.5. The first kappa shape index (κ1) is 20.4. The summed E-state index contributed by atoms with van der Waals surface area (Å²) in [5, 5.41) is 11.5. The van der Waals surface area contributed by atoms with Crippen molar-refractivity contribution in [3.05, 3.63) is 54.1 Å². The smallest absolute Gasteiger partial charge is 0.335 e. The van der Waals surface area contributed by atoms with Gasteiger partial charge in [-0.2, -0.15) is 0 Å². The quantitative estimate of drug-likeness (QED) is 0.754. The minimum Gasteiger partial charge on any atom is -0.494 e. The van der Waals surface area contributed by atoms with Crippen molar-refractivity contribution in [1.29, 1.82) is 0 Å². The van der Waals surface area contributed by atoms with Crippen molar-refractivity contribution in [2.45, 2.75) is 11.7 Å². The molecular weight excluding hydrogens is 394 g/mol. The number of nitrogens with one attached hydrogen (secondary N) is 1. The topological polar surface area (TPSA) is 108 Å². The van der Waals surface area contributed by atoms with Crippen LogP contribution in [0.3, 0.4) is 0 Å². The molecule has 2 N–H and O–H groups in total. The van der Waals surface area contributed by atoms with Gasteiger partial charge in [0.2, 0.25) is 11.8 Å². The van der Waals surface area contributed by atoms with Crippen molar-refractivity contribution in [2.75, 3.05) is 19.5 Å². The number of amides is 2. The van der Waals surface area contributed by atoms with Crippen molar-refractivity contribution in [3.8, 4) is 5.75 Å². The van der Waals surface area contributed by atoms with Crippen LogP contribution in [0.1, 0.15) is 16.8 Å². The highest BCUT2D eigenvalue weighted by Gasteiger charge is 2.37. The summed E-state index contributed by atoms with van der Waals surface area (Å²) < 4.78 is 5.28. The highest BCUT2D eigenvalue weighted by molar-refractivity contribution is 8.15. The van der Waals surface area contributed by atoms with Crippen LogP contribution < -0.4 is 10.1 Å². The molecule has 1 heterocycles. The number of carboxylic acids is 1. The van der Waals surface area contributed by atoms with Gasteiger partial charge in [0.25, 0.3) is 0 Å². The molecule has 1 aliphatic rings. The number of thioether (sulfide) groups is 1. The summed E-state index contributed by atoms with van der Waals surface area (Å²) in [6.45, 7) is 0. The van der Waals surface area contributed by atoms with Crippen LogP contribution in [0.15, 0.2) is 53.5 Å². The molecule has 1 fully saturated rings. The van der Waals surface area contributed by atoms with Gasteiger partial charge in [0.15, 0.2) is 5.17 Å². The van der Waals surface area contributed by atoms with Crippen molar-refractivity contribution >= 4 is 46.1 Å². The van der Waals surface area contributed by atoms with Gasteiger partial charge in [0, 0.05) is 19.2 Å². The van der Waals surface area contributed by atoms with Gasteiger partial charge in [0.1, 0.15) is 16.7 Å². The molecule has 0 aliphatic carbocycles. The van der Waals surface area contributed by atoms with Gasteiger partial charge in [-0.1, -0.05) is 23.9 Å². The van der Waals surface area contributed by atoms with Crippen LogP contribution >= 0.6 is 11.8 Å². The number of rotatable bonds is 6. The first-order valence-electron chi connectivity index (χ1n) is 8.68. The lowest BCUT2D eigenvalue weighted by Crippen LogP contribution is -2.30. The standard InChI is InChI=1S/C20H19N3O5S/c1-23-18(25)16(29-20(23)22-14-5-3-4-6-15(14)28-2)11-17(24)21-13-9-7-12(8-10-13)19(26)27/h3-10,16H,11H2,1-2H3,(H,21,24)(H,26,27)/t16-/m0/s1. The number of hydrogen-bond acceptors (Lipinski definition) is 6. The zero-order chi connectivity index (χ0) is 21.0. The number of nitrogens with zero attached hydrogens (tertiary/aromatic N) is 2. The summed E-state index contributed by atoms with van der Waals surface area (Å²) in [6.07, 6.45) is -0.0283. The van der Waals surface area contributed by atoms with E-state index >= 15 is 0 Å². The Hall–Kier alpha value is -3.33. The third-order valence-corrected chi connectivity index (χ3v) is 5.46. The number of carboxylic acid groups (broad SMARTS) is 1. The normalized spacial score (nSPS) is 17.4. The average Bonchev–Trinajstić information content (AvgIpc) is 2.96. The predicted molar refractivity (Wildman–Crippen MR) is 111 cm³/mol. The molecule has 8 nitrogen and oxygen atoms in total. The van der Waals surface area contributed by atoms with E-state index in [0.29, 0.717) is 22.3 Å². The Morgan fingerprint density at radius 1 is 1.21 bits per heavy atom. The highest BCUT2D eigenvalue weighted by Crippen LogP contribution is 2.33. The summed E-state index contributed by atoms with van der Waals surface area (Å²) in [5.74, 6) is -1.00. The first-order valence-corrected chi connectivity index (χ1v) is 9.56. The van der Waals surface area contributed by atoms with Gasteiger partial charge in [0.05, 0.1) is 12.7 Å². The Balaban J connectivity index is 1.67. The number of aromatic carboxylic acids is 1. The minimum absolute atomic E-state index is 0.0283. The molecule has 0 radical (unpaired) electrons. The van der Waals surface area contributed by atoms with E-state index in [1.807, 2.05) is 12.1 Å². The number of methoxy groups -OCH3 is 1. The van der Waals surface area contributed by atoms with E-state index in [9.17, 15) is 14.4 Å². The van der Waals surface area contributed by atoms with Crippen LogP contribution in [0.2, 0.25) is 0 Å². The number of hydrogen-bond donors (Lipinski definition) is 2. The molecule has 2 amide bonds. The molecule has 0 aromatic heterocycles. The van der Waals surface area contributed by atoms with E-state index < -0.39 is 11.2 Å². The van der Waals surface area contributed by atoms with Crippen molar-refractivity contribution in [3.63, 3.8) is 0 Å². The molecule has 2 aromatic carbocycles. The van der Waals surface area contributed by atoms with Crippen LogP contribution in [-0.2, 0) is 9.59 Å². The SMILES string of the molecule is COc1ccccc1N=C1S[C@@H](CC(=O)Nc2ccc(C(=O)O)cc2)C(=O)N1C. The predicted octanol–water partition coefficient (Wildman–Crippen LogP) is 2.98. The maximum absolute atomic E-state index is 12.5. The molecule has 0 bridgehead atoms. The Morgan fingerprint density at radius 2 is 1.90 bits per heavy atom. The number of carbonyl (C=O) groups excluding carboxylic acids is 2. The van der Waals surface area contributed by atoms with E-state index in [0.717, 1.165) is 0 Å². The van der Waals surface area contributed by atoms with E-state index in [-0.39, 0.29) is 23.8 Å². The molecule has 1 saturated heterocycles. The molecule has 0 spiro atoms. The van der Waals surface area contributed by atoms with Crippen LogP contribution in [-0.4, -0.2) is 52.4 Å². The van der Waals surface area contributed by atoms with Crippen molar-refractivity contribution in [2.24, 2.45) is 4.99 Å². The lowest BCUT2D eigenvalue weighted by atomic mass is 10.2. The summed E-state index contributed by atoms with van der Waals surface area (Å²) in [6, 6.07) is 13.0. The second kappa shape index (κ2) is 8.78. The van der Waals surface area contributed by atoms with Crippen LogP contribution in [0.5, 0.6) is 5.75 Å². The fourth-order valence-corrected chi connectivity index (χ4v) is 3.85. The monoisotopic (exact) mass is 413 g/mol. The Labute approximate surface area is 171 Å². The van der Waals surface area contributed by atoms with Gasteiger partial charge >= 0.3 is 5.97 Å². The number of ether oxygens (including phenoxy) is 1. The van der Waals surface area contributed by atoms with E-state index in [4.69, 9.17) is 9.84 Å². The number of amidine groups is 1. The van der Waals surface area contributed by atoms with Crippen LogP contribution in [0.4, 0.5) is 11.4 Å². The maximum Gasteiger partial charge on any atom is 0.335 e. The van der Waals surface area contributed by atoms with E-state index in [2.05, 4.69) is 10.3 Å². The molecular formula is C20H19N3O5S. The largest absolute Gasteiger partial charge is 0.494 e. The molecule has 9 heteroatoms. The number of para-hydroxylation sites is 2. The number of carbonyl (C=O) groups is 3. The second-order valence-corrected chi connectivity index (χ2v) is 7.37. The van der Waals surface area contributed by atoms with E-state index in [1.54, 1.807) is 26.3 Å². The fraction of sp³-hybridized carbons (Fsp3) is 0.200. The van der Waals surface area contributed by atoms with Crippen molar-refractivity contribution < 1.29 is 24.2 Å². The summed E-state index contributed by atoms with van der Waals surface area (Å²) in [4.78, 5) is 41.7. The molecule has 0 saturated carbocycles. The minimum atomic E-state index is -1.04. The second-order valence-electron chi connectivity index (χ2n) is 6.20. The van der Waals surface area contributed by atoms with Gasteiger partial charge in [-0.25, -0.2) is 9.79 Å². The zero-order valence-electron chi connectivity index (χ0n) is 15.8. The third-order valence-electron chi connectivity index (χ3n) is 4.23. The van der Waals surface area contributed by atoms with Gasteiger partial charge in [-0.05, 0) is 36.4 Å². The molecule has 0 unspecified atom stereocenters.